The number of rotatable bonds is 0. The van der Waals surface area contributed by atoms with E-state index in [0.29, 0.717) is 0 Å². The minimum Gasteiger partial charge on any atom is -0.554 e. The van der Waals surface area contributed by atoms with E-state index in [9.17, 15) is 0 Å². The molecule has 0 amide bonds. The number of hydrogen-bond donors (Lipinski definition) is 0. The number of carbonyl (C=O) groups excluding carboxylic acids is 5. The summed E-state index contributed by atoms with van der Waals surface area (Å²) in [7, 11) is 0. The van der Waals surface area contributed by atoms with Crippen LogP contribution in [0.5, 0.6) is 0 Å². The van der Waals surface area contributed by atoms with Crippen LogP contribution in [0.25, 0.3) is 0 Å². The molecule has 0 aromatic rings. The fraction of sp³-hybridized carbons (Fsp3) is 0. The van der Waals surface area contributed by atoms with Crippen molar-refractivity contribution < 1.29 is 49.5 Å². The third kappa shape index (κ3) is 1280. The summed E-state index contributed by atoms with van der Waals surface area (Å²) in [5, 5.41) is 41.2. The number of hydrogen-bond acceptors (Lipinski definition) is 10. The molecule has 0 aliphatic heterocycles. The van der Waals surface area contributed by atoms with E-state index in [4.69, 9.17) is 49.5 Å². The molecule has 0 aromatic heterocycles. The molecule has 0 aromatic carbocycles. The van der Waals surface area contributed by atoms with Gasteiger partial charge < -0.3 is 49.5 Å². The van der Waals surface area contributed by atoms with Gasteiger partial charge in [-0.15, -0.1) is 0 Å². The maximum absolute atomic E-state index is 8.25. The fourth-order valence-corrected chi connectivity index (χ4v) is 0. The molecule has 0 N–H and O–H groups in total. The molecule has 0 unspecified atom stereocenters. The fourth-order valence-electron chi connectivity index (χ4n) is 0. The van der Waals surface area contributed by atoms with Crippen LogP contribution in [0.3, 0.4) is 0 Å². The first-order valence-corrected chi connectivity index (χ1v) is 2.36. The van der Waals surface area contributed by atoms with E-state index in [-0.39, 0.29) is 40.4 Å². The zero-order valence-corrected chi connectivity index (χ0v) is 10.8. The van der Waals surface area contributed by atoms with E-state index < -0.39 is 32.4 Å². The molecular weight excluding hydrogens is 271 g/mol. The van der Waals surface area contributed by atoms with E-state index >= 15 is 0 Å². The Labute approximate surface area is 122 Å². The molecule has 0 rings (SSSR count). The van der Waals surface area contributed by atoms with Crippen molar-refractivity contribution in [2.24, 2.45) is 0 Å². The van der Waals surface area contributed by atoms with Gasteiger partial charge in [0.2, 0.25) is 0 Å². The second kappa shape index (κ2) is 205. The third-order valence-corrected chi connectivity index (χ3v) is 0. The largest absolute Gasteiger partial charge is 3.00 e. The van der Waals surface area contributed by atoms with Crippen molar-refractivity contribution in [1.82, 2.24) is 0 Å². The topological polar surface area (TPSA) is 201 Å². The summed E-state index contributed by atoms with van der Waals surface area (Å²) in [4.78, 5) is 41.2. The Morgan fingerprint density at radius 2 is 0.471 bits per heavy atom. The van der Waals surface area contributed by atoms with Crippen molar-refractivity contribution in [3.05, 3.63) is 0 Å². The van der Waals surface area contributed by atoms with E-state index in [1.807, 2.05) is 0 Å². The van der Waals surface area contributed by atoms with Crippen molar-refractivity contribution in [3.63, 3.8) is 0 Å². The van der Waals surface area contributed by atoms with Crippen LogP contribution in [-0.2, 0) is 24.0 Å². The van der Waals surface area contributed by atoms with Gasteiger partial charge in [-0.3, -0.25) is 0 Å². The van der Waals surface area contributed by atoms with Gasteiger partial charge in [-0.1, -0.05) is 0 Å². The molecule has 0 aliphatic rings. The maximum atomic E-state index is 8.25. The minimum atomic E-state index is -0.500. The van der Waals surface area contributed by atoms with Gasteiger partial charge in [0.05, 0.1) is 0 Å². The third-order valence-electron chi connectivity index (χ3n) is 0. The first-order valence-electron chi connectivity index (χ1n) is 2.36. The van der Waals surface area contributed by atoms with Gasteiger partial charge in [-0.25, -0.2) is 0 Å². The summed E-state index contributed by atoms with van der Waals surface area (Å²) in [6.45, 7) is -2.50. The quantitative estimate of drug-likeness (QED) is 0.302. The number of carboxylic acid groups (broad SMARTS) is 5. The molecule has 90 valence electrons. The van der Waals surface area contributed by atoms with Crippen molar-refractivity contribution in [2.45, 2.75) is 0 Å². The summed E-state index contributed by atoms with van der Waals surface area (Å²) in [5.74, 6) is 0. The molecule has 17 heavy (non-hydrogen) atoms. The van der Waals surface area contributed by atoms with Crippen LogP contribution in [-0.4, -0.2) is 72.8 Å². The summed E-state index contributed by atoms with van der Waals surface area (Å²) in [5.41, 5.74) is 0. The van der Waals surface area contributed by atoms with Crippen molar-refractivity contribution in [2.75, 3.05) is 0 Å². The van der Waals surface area contributed by atoms with Crippen LogP contribution in [0, 0.1) is 0 Å². The predicted octanol–water partition coefficient (Wildman–Crippen LogP) is -8.93. The van der Waals surface area contributed by atoms with Crippen molar-refractivity contribution in [1.29, 1.82) is 0 Å². The molecule has 12 heteroatoms. The van der Waals surface area contributed by atoms with Crippen LogP contribution in [0.4, 0.5) is 0 Å². The van der Waals surface area contributed by atoms with Gasteiger partial charge >= 0.3 is 40.4 Å². The first kappa shape index (κ1) is 44.9. The molecule has 0 fully saturated rings. The summed E-state index contributed by atoms with van der Waals surface area (Å²) in [6, 6.07) is 0. The maximum Gasteiger partial charge on any atom is 3.00 e. The van der Waals surface area contributed by atoms with Crippen LogP contribution >= 0.6 is 0 Å². The normalized spacial score (nSPS) is 3.53. The minimum absolute atomic E-state index is 0. The SMILES string of the molecule is O=C[O-].O=C[O-].O=C[O-].O=C[O-].O=C[O-].[Al+3].[Mg+2]. The predicted molar refractivity (Wildman–Crippen MR) is 41.8 cm³/mol. The molecule has 0 radical (unpaired) electrons. The van der Waals surface area contributed by atoms with Crippen LogP contribution in [0.2, 0.25) is 0 Å². The molecule has 0 atom stereocenters. The molecule has 0 saturated carbocycles. The van der Waals surface area contributed by atoms with E-state index in [2.05, 4.69) is 0 Å². The molecule has 0 bridgehead atoms. The first-order chi connectivity index (χ1) is 7.07. The Hall–Kier alpha value is -1.35. The Morgan fingerprint density at radius 1 is 0.471 bits per heavy atom. The average molecular weight is 276 g/mol. The van der Waals surface area contributed by atoms with E-state index in [1.54, 1.807) is 0 Å². The smallest absolute Gasteiger partial charge is 0.554 e. The molecule has 10 nitrogen and oxygen atoms in total. The molecular formula is C5H5AlMgO10. The Kier molecular flexibility index (Phi) is 541. The Morgan fingerprint density at radius 3 is 0.471 bits per heavy atom. The Balaban J connectivity index is -0.0000000143. The van der Waals surface area contributed by atoms with E-state index in [0.717, 1.165) is 0 Å². The van der Waals surface area contributed by atoms with Crippen LogP contribution in [0.15, 0.2) is 0 Å². The molecule has 0 spiro atoms. The average Bonchev–Trinajstić information content (AvgIpc) is 2.09. The summed E-state index contributed by atoms with van der Waals surface area (Å²) < 4.78 is 0. The van der Waals surface area contributed by atoms with Crippen LogP contribution < -0.4 is 25.5 Å². The zero-order chi connectivity index (χ0) is 13.5. The second-order valence-corrected chi connectivity index (χ2v) is 0.481. The van der Waals surface area contributed by atoms with E-state index in [1.165, 1.54) is 0 Å². The van der Waals surface area contributed by atoms with Gasteiger partial charge in [0, 0.05) is 32.4 Å². The summed E-state index contributed by atoms with van der Waals surface area (Å²) in [6.07, 6.45) is 0. The molecule has 0 heterocycles. The van der Waals surface area contributed by atoms with Gasteiger partial charge in [0.25, 0.3) is 0 Å². The molecule has 0 saturated heterocycles. The number of carbonyl (C=O) groups is 5. The standard InChI is InChI=1S/5CH2O2.Al.Mg/c5*2-1-3;;/h5*1H,(H,2,3);;/q;;;;;+3;+2/p-5. The Bertz CT molecular complexity index is 97.0. The second-order valence-electron chi connectivity index (χ2n) is 0.481. The summed E-state index contributed by atoms with van der Waals surface area (Å²) >= 11 is 0. The van der Waals surface area contributed by atoms with Crippen molar-refractivity contribution in [3.8, 4) is 0 Å². The van der Waals surface area contributed by atoms with Gasteiger partial charge in [0.1, 0.15) is 0 Å². The van der Waals surface area contributed by atoms with Gasteiger partial charge in [0.15, 0.2) is 0 Å². The molecule has 0 aliphatic carbocycles. The van der Waals surface area contributed by atoms with Gasteiger partial charge in [-0.2, -0.15) is 0 Å². The monoisotopic (exact) mass is 276 g/mol. The van der Waals surface area contributed by atoms with Gasteiger partial charge in [-0.05, 0) is 0 Å². The van der Waals surface area contributed by atoms with Crippen molar-refractivity contribution >= 4 is 72.8 Å². The zero-order valence-electron chi connectivity index (χ0n) is 8.25. The van der Waals surface area contributed by atoms with Crippen LogP contribution in [0.1, 0.15) is 0 Å².